The highest BCUT2D eigenvalue weighted by Crippen LogP contribution is 2.51. The van der Waals surface area contributed by atoms with Gasteiger partial charge in [-0.05, 0) is 44.4 Å². The van der Waals surface area contributed by atoms with Crippen LogP contribution in [0.1, 0.15) is 43.2 Å². The van der Waals surface area contributed by atoms with Gasteiger partial charge in [0.25, 0.3) is 0 Å². The molecule has 1 aromatic carbocycles. The molecule has 0 aromatic heterocycles. The number of rotatable bonds is 8. The minimum Gasteiger partial charge on any atom is -0.492 e. The molecule has 0 heterocycles. The summed E-state index contributed by atoms with van der Waals surface area (Å²) in [6, 6.07) is 0. The second-order valence-corrected chi connectivity index (χ2v) is 6.32. The predicted molar refractivity (Wildman–Crippen MR) is 94.3 cm³/mol. The molecule has 25 heavy (non-hydrogen) atoms. The lowest BCUT2D eigenvalue weighted by Crippen LogP contribution is -2.05. The van der Waals surface area contributed by atoms with Gasteiger partial charge >= 0.3 is 5.97 Å². The smallest absolute Gasteiger partial charge is 0.303 e. The molecule has 1 N–H and O–H groups in total. The second kappa shape index (κ2) is 8.83. The van der Waals surface area contributed by atoms with Crippen LogP contribution in [-0.2, 0) is 17.6 Å². The van der Waals surface area contributed by atoms with Gasteiger partial charge in [0.05, 0.1) is 28.4 Å². The molecule has 6 heteroatoms. The van der Waals surface area contributed by atoms with E-state index in [1.165, 1.54) is 0 Å². The molecular weight excluding hydrogens is 324 g/mol. The van der Waals surface area contributed by atoms with E-state index in [0.717, 1.165) is 49.7 Å². The number of carboxylic acid groups (broad SMARTS) is 1. The van der Waals surface area contributed by atoms with Crippen LogP contribution < -0.4 is 18.9 Å². The van der Waals surface area contributed by atoms with Crippen molar-refractivity contribution < 1.29 is 28.8 Å². The molecule has 0 unspecified atom stereocenters. The summed E-state index contributed by atoms with van der Waals surface area (Å²) < 4.78 is 22.3. The Morgan fingerprint density at radius 1 is 0.880 bits per heavy atom. The van der Waals surface area contributed by atoms with Crippen molar-refractivity contribution in [2.24, 2.45) is 5.92 Å². The van der Waals surface area contributed by atoms with Gasteiger partial charge in [0.1, 0.15) is 0 Å². The number of hydrogen-bond donors (Lipinski definition) is 1. The second-order valence-electron chi connectivity index (χ2n) is 6.32. The number of methoxy groups -OCH3 is 4. The van der Waals surface area contributed by atoms with Crippen molar-refractivity contribution in [3.8, 4) is 23.0 Å². The fraction of sp³-hybridized carbons (Fsp3) is 0.632. The molecule has 0 fully saturated rings. The van der Waals surface area contributed by atoms with Crippen LogP contribution in [0, 0.1) is 5.92 Å². The first kappa shape index (κ1) is 19.2. The average Bonchev–Trinajstić information content (AvgIpc) is 2.82. The lowest BCUT2D eigenvalue weighted by atomic mass is 9.93. The fourth-order valence-electron chi connectivity index (χ4n) is 3.76. The van der Waals surface area contributed by atoms with Gasteiger partial charge in [0, 0.05) is 17.5 Å². The normalized spacial score (nSPS) is 14.4. The number of benzene rings is 1. The average molecular weight is 352 g/mol. The maximum Gasteiger partial charge on any atom is 0.303 e. The highest BCUT2D eigenvalue weighted by atomic mass is 16.5. The Morgan fingerprint density at radius 2 is 1.32 bits per heavy atom. The fourth-order valence-corrected chi connectivity index (χ4v) is 3.76. The molecule has 0 amide bonds. The highest BCUT2D eigenvalue weighted by Gasteiger charge is 2.29. The van der Waals surface area contributed by atoms with Crippen molar-refractivity contribution in [3.63, 3.8) is 0 Å². The zero-order valence-electron chi connectivity index (χ0n) is 15.5. The van der Waals surface area contributed by atoms with Crippen LogP contribution >= 0.6 is 0 Å². The van der Waals surface area contributed by atoms with Gasteiger partial charge in [-0.2, -0.15) is 0 Å². The predicted octanol–water partition coefficient (Wildman–Crippen LogP) is 3.47. The van der Waals surface area contributed by atoms with Gasteiger partial charge in [-0.1, -0.05) is 0 Å². The van der Waals surface area contributed by atoms with Gasteiger partial charge in [-0.3, -0.25) is 4.79 Å². The minimum atomic E-state index is -0.727. The van der Waals surface area contributed by atoms with Gasteiger partial charge in [-0.25, -0.2) is 0 Å². The summed E-state index contributed by atoms with van der Waals surface area (Å²) in [5.74, 6) is 2.31. The van der Waals surface area contributed by atoms with Crippen molar-refractivity contribution in [2.75, 3.05) is 28.4 Å². The molecule has 0 spiro atoms. The first-order valence-electron chi connectivity index (χ1n) is 8.66. The van der Waals surface area contributed by atoms with Crippen molar-refractivity contribution in [1.82, 2.24) is 0 Å². The maximum absolute atomic E-state index is 10.7. The minimum absolute atomic E-state index is 0.234. The Labute approximate surface area is 149 Å². The topological polar surface area (TPSA) is 74.2 Å². The molecule has 1 aromatic rings. The molecule has 6 nitrogen and oxygen atoms in total. The molecule has 1 aliphatic carbocycles. The Bertz CT molecular complexity index is 568. The van der Waals surface area contributed by atoms with Gasteiger partial charge in [-0.15, -0.1) is 0 Å². The van der Waals surface area contributed by atoms with Crippen LogP contribution in [0.4, 0.5) is 0 Å². The Hall–Kier alpha value is -2.11. The van der Waals surface area contributed by atoms with Crippen LogP contribution in [-0.4, -0.2) is 39.5 Å². The third kappa shape index (κ3) is 4.11. The standard InChI is InChI=1S/C19H28O6/c1-22-16-13-10-8-12(6-5-7-15(20)21)9-11-14(13)17(23-2)19(25-4)18(16)24-3/h12H,5-11H2,1-4H3,(H,20,21). The molecule has 0 bridgehead atoms. The van der Waals surface area contributed by atoms with E-state index in [-0.39, 0.29) is 6.42 Å². The van der Waals surface area contributed by atoms with Crippen LogP contribution in [0.3, 0.4) is 0 Å². The Morgan fingerprint density at radius 3 is 1.68 bits per heavy atom. The summed E-state index contributed by atoms with van der Waals surface area (Å²) in [6.07, 6.45) is 5.59. The molecule has 0 radical (unpaired) electrons. The van der Waals surface area contributed by atoms with Crippen molar-refractivity contribution >= 4 is 5.97 Å². The van der Waals surface area contributed by atoms with E-state index in [4.69, 9.17) is 24.1 Å². The van der Waals surface area contributed by atoms with E-state index in [9.17, 15) is 4.79 Å². The Kier molecular flexibility index (Phi) is 6.79. The van der Waals surface area contributed by atoms with E-state index in [2.05, 4.69) is 0 Å². The maximum atomic E-state index is 10.7. The third-order valence-electron chi connectivity index (χ3n) is 4.96. The summed E-state index contributed by atoms with van der Waals surface area (Å²) in [4.78, 5) is 10.7. The number of carbonyl (C=O) groups is 1. The van der Waals surface area contributed by atoms with Gasteiger partial charge in [0.15, 0.2) is 11.5 Å². The van der Waals surface area contributed by atoms with Crippen LogP contribution in [0.2, 0.25) is 0 Å². The summed E-state index contributed by atoms with van der Waals surface area (Å²) in [5.41, 5.74) is 2.22. The quantitative estimate of drug-likeness (QED) is 0.722. The first-order valence-corrected chi connectivity index (χ1v) is 8.66. The van der Waals surface area contributed by atoms with E-state index in [1.807, 2.05) is 0 Å². The molecule has 1 aliphatic rings. The molecule has 0 atom stereocenters. The van der Waals surface area contributed by atoms with E-state index in [0.29, 0.717) is 28.9 Å². The largest absolute Gasteiger partial charge is 0.492 e. The zero-order chi connectivity index (χ0) is 18.4. The van der Waals surface area contributed by atoms with E-state index >= 15 is 0 Å². The molecule has 0 saturated carbocycles. The summed E-state index contributed by atoms with van der Waals surface area (Å²) in [6.45, 7) is 0. The number of aliphatic carboxylic acids is 1. The van der Waals surface area contributed by atoms with Crippen molar-refractivity contribution in [1.29, 1.82) is 0 Å². The number of ether oxygens (including phenoxy) is 4. The highest BCUT2D eigenvalue weighted by molar-refractivity contribution is 5.67. The van der Waals surface area contributed by atoms with Crippen LogP contribution in [0.15, 0.2) is 0 Å². The molecular formula is C19H28O6. The lowest BCUT2D eigenvalue weighted by molar-refractivity contribution is -0.137. The van der Waals surface area contributed by atoms with Crippen molar-refractivity contribution in [2.45, 2.75) is 44.9 Å². The monoisotopic (exact) mass is 352 g/mol. The Balaban J connectivity index is 2.32. The van der Waals surface area contributed by atoms with Gasteiger partial charge in [0.2, 0.25) is 11.5 Å². The number of carboxylic acids is 1. The zero-order valence-corrected chi connectivity index (χ0v) is 15.5. The van der Waals surface area contributed by atoms with E-state index < -0.39 is 5.97 Å². The van der Waals surface area contributed by atoms with Crippen LogP contribution in [0.25, 0.3) is 0 Å². The van der Waals surface area contributed by atoms with Gasteiger partial charge < -0.3 is 24.1 Å². The van der Waals surface area contributed by atoms with E-state index in [1.54, 1.807) is 28.4 Å². The summed E-state index contributed by atoms with van der Waals surface area (Å²) >= 11 is 0. The molecule has 140 valence electrons. The van der Waals surface area contributed by atoms with Crippen molar-refractivity contribution in [3.05, 3.63) is 11.1 Å². The summed E-state index contributed by atoms with van der Waals surface area (Å²) in [5, 5.41) is 8.83. The lowest BCUT2D eigenvalue weighted by Gasteiger charge is -2.21. The molecule has 0 saturated heterocycles. The molecule has 2 rings (SSSR count). The van der Waals surface area contributed by atoms with Crippen LogP contribution in [0.5, 0.6) is 23.0 Å². The molecule has 0 aliphatic heterocycles. The summed E-state index contributed by atoms with van der Waals surface area (Å²) in [7, 11) is 6.47. The third-order valence-corrected chi connectivity index (χ3v) is 4.96. The number of fused-ring (bicyclic) bond motifs is 1. The first-order chi connectivity index (χ1) is 12.1. The SMILES string of the molecule is COc1c2c(c(OC)c(OC)c1OC)CCC(CCCC(=O)O)CC2. The number of hydrogen-bond acceptors (Lipinski definition) is 5.